The summed E-state index contributed by atoms with van der Waals surface area (Å²) in [4.78, 5) is 19.5. The molecule has 3 N–H and O–H groups in total. The minimum atomic E-state index is -0.468. The molecule has 0 bridgehead atoms. The van der Waals surface area contributed by atoms with Crippen LogP contribution in [0.2, 0.25) is 0 Å². The van der Waals surface area contributed by atoms with Gasteiger partial charge in [-0.3, -0.25) is 0 Å². The van der Waals surface area contributed by atoms with Crippen molar-refractivity contribution in [3.8, 4) is 6.01 Å². The fourth-order valence-electron chi connectivity index (χ4n) is 2.74. The Morgan fingerprint density at radius 1 is 1.27 bits per heavy atom. The number of aromatic nitrogens is 2. The first-order valence-corrected chi connectivity index (χ1v) is 8.12. The number of amides is 2. The number of furan rings is 1. The molecule has 0 spiro atoms. The van der Waals surface area contributed by atoms with Gasteiger partial charge in [0.15, 0.2) is 0 Å². The summed E-state index contributed by atoms with van der Waals surface area (Å²) in [7, 11) is 0. The van der Waals surface area contributed by atoms with Crippen LogP contribution in [0.4, 0.5) is 14.9 Å². The average molecular weight is 358 g/mol. The van der Waals surface area contributed by atoms with Crippen LogP contribution in [0, 0.1) is 18.7 Å². The van der Waals surface area contributed by atoms with Crippen LogP contribution in [-0.4, -0.2) is 21.1 Å². The molecule has 26 heavy (non-hydrogen) atoms. The second-order valence-electron chi connectivity index (χ2n) is 6.32. The summed E-state index contributed by atoms with van der Waals surface area (Å²) < 4.78 is 19.4. The highest BCUT2D eigenvalue weighted by atomic mass is 19.1. The molecular formula is C18H19FN4O3. The Labute approximate surface area is 149 Å². The SMILES string of the molecule is Cc1c([C@@H](NC(=O)Nc2cnc(O)nc2)C(C)C)oc2ccc(F)cc12. The first kappa shape index (κ1) is 17.7. The van der Waals surface area contributed by atoms with Crippen molar-refractivity contribution in [2.24, 2.45) is 5.92 Å². The summed E-state index contributed by atoms with van der Waals surface area (Å²) in [6, 6.07) is 3.08. The lowest BCUT2D eigenvalue weighted by molar-refractivity contribution is 0.241. The van der Waals surface area contributed by atoms with E-state index in [1.807, 2.05) is 20.8 Å². The molecule has 0 aliphatic heterocycles. The zero-order valence-corrected chi connectivity index (χ0v) is 14.6. The van der Waals surface area contributed by atoms with Crippen LogP contribution >= 0.6 is 0 Å². The monoisotopic (exact) mass is 358 g/mol. The number of anilines is 1. The molecule has 8 heteroatoms. The summed E-state index contributed by atoms with van der Waals surface area (Å²) in [6.07, 6.45) is 2.59. The third-order valence-electron chi connectivity index (χ3n) is 4.07. The second-order valence-corrected chi connectivity index (χ2v) is 6.32. The molecule has 136 valence electrons. The lowest BCUT2D eigenvalue weighted by Gasteiger charge is -2.21. The number of hydrogen-bond donors (Lipinski definition) is 3. The summed E-state index contributed by atoms with van der Waals surface area (Å²) in [5, 5.41) is 15.2. The van der Waals surface area contributed by atoms with E-state index >= 15 is 0 Å². The number of carbonyl (C=O) groups is 1. The van der Waals surface area contributed by atoms with Crippen LogP contribution < -0.4 is 10.6 Å². The highest BCUT2D eigenvalue weighted by Crippen LogP contribution is 2.33. The Bertz CT molecular complexity index is 938. The Hall–Kier alpha value is -3.16. The Morgan fingerprint density at radius 3 is 2.62 bits per heavy atom. The molecule has 0 aliphatic carbocycles. The van der Waals surface area contributed by atoms with Gasteiger partial charge in [0.25, 0.3) is 0 Å². The average Bonchev–Trinajstić information content (AvgIpc) is 2.91. The number of halogens is 1. The third kappa shape index (κ3) is 3.58. The normalized spacial score (nSPS) is 12.3. The topological polar surface area (TPSA) is 100 Å². The number of benzene rings is 1. The standard InChI is InChI=1S/C18H19FN4O3/c1-9(2)15(23-18(25)22-12-7-20-17(24)21-8-12)16-10(3)13-6-11(19)4-5-14(13)26-16/h4-9,15H,1-3H3,(H,20,21,24)(H2,22,23,25)/t15-/m0/s1. The Morgan fingerprint density at radius 2 is 1.96 bits per heavy atom. The van der Waals surface area contributed by atoms with E-state index in [-0.39, 0.29) is 17.7 Å². The molecule has 0 fully saturated rings. The zero-order chi connectivity index (χ0) is 18.8. The van der Waals surface area contributed by atoms with Crippen LogP contribution in [0.5, 0.6) is 6.01 Å². The van der Waals surface area contributed by atoms with Crippen LogP contribution in [-0.2, 0) is 0 Å². The van der Waals surface area contributed by atoms with Crippen molar-refractivity contribution in [2.75, 3.05) is 5.32 Å². The first-order valence-electron chi connectivity index (χ1n) is 8.12. The molecule has 0 radical (unpaired) electrons. The van der Waals surface area contributed by atoms with E-state index in [4.69, 9.17) is 9.52 Å². The van der Waals surface area contributed by atoms with E-state index in [0.29, 0.717) is 22.4 Å². The molecule has 0 saturated carbocycles. The molecule has 0 saturated heterocycles. The highest BCUT2D eigenvalue weighted by Gasteiger charge is 2.25. The van der Waals surface area contributed by atoms with Gasteiger partial charge in [0.1, 0.15) is 17.2 Å². The number of nitrogens with zero attached hydrogens (tertiary/aromatic N) is 2. The van der Waals surface area contributed by atoms with Crippen molar-refractivity contribution in [3.63, 3.8) is 0 Å². The molecule has 2 amide bonds. The number of hydrogen-bond acceptors (Lipinski definition) is 5. The van der Waals surface area contributed by atoms with Gasteiger partial charge in [-0.2, -0.15) is 0 Å². The summed E-state index contributed by atoms with van der Waals surface area (Å²) in [5.41, 5.74) is 1.69. The van der Waals surface area contributed by atoms with E-state index in [1.54, 1.807) is 6.07 Å². The lowest BCUT2D eigenvalue weighted by atomic mass is 9.98. The molecular weight excluding hydrogens is 339 g/mol. The van der Waals surface area contributed by atoms with Gasteiger partial charge in [-0.1, -0.05) is 13.8 Å². The van der Waals surface area contributed by atoms with Crippen molar-refractivity contribution in [1.29, 1.82) is 0 Å². The van der Waals surface area contributed by atoms with E-state index in [9.17, 15) is 9.18 Å². The number of urea groups is 1. The fraction of sp³-hybridized carbons (Fsp3) is 0.278. The largest absolute Gasteiger partial charge is 0.479 e. The minimum absolute atomic E-state index is 0.0286. The number of fused-ring (bicyclic) bond motifs is 1. The number of carbonyl (C=O) groups excluding carboxylic acids is 1. The van der Waals surface area contributed by atoms with E-state index in [0.717, 1.165) is 5.56 Å². The molecule has 7 nitrogen and oxygen atoms in total. The predicted octanol–water partition coefficient (Wildman–Crippen LogP) is 3.89. The van der Waals surface area contributed by atoms with Gasteiger partial charge in [-0.25, -0.2) is 19.2 Å². The molecule has 1 atom stereocenters. The van der Waals surface area contributed by atoms with Crippen molar-refractivity contribution in [3.05, 3.63) is 47.7 Å². The van der Waals surface area contributed by atoms with E-state index in [2.05, 4.69) is 20.6 Å². The predicted molar refractivity (Wildman–Crippen MR) is 94.3 cm³/mol. The molecule has 3 rings (SSSR count). The molecule has 0 unspecified atom stereocenters. The van der Waals surface area contributed by atoms with Gasteiger partial charge in [0.05, 0.1) is 24.1 Å². The quantitative estimate of drug-likeness (QED) is 0.657. The zero-order valence-electron chi connectivity index (χ0n) is 14.6. The van der Waals surface area contributed by atoms with Crippen LogP contribution in [0.3, 0.4) is 0 Å². The summed E-state index contributed by atoms with van der Waals surface area (Å²) in [6.45, 7) is 5.73. The van der Waals surface area contributed by atoms with Crippen molar-refractivity contribution in [1.82, 2.24) is 15.3 Å². The first-order chi connectivity index (χ1) is 12.3. The number of rotatable bonds is 4. The minimum Gasteiger partial charge on any atom is -0.479 e. The van der Waals surface area contributed by atoms with E-state index < -0.39 is 12.1 Å². The fourth-order valence-corrected chi connectivity index (χ4v) is 2.74. The van der Waals surface area contributed by atoms with Gasteiger partial charge in [0, 0.05) is 10.9 Å². The van der Waals surface area contributed by atoms with Gasteiger partial charge >= 0.3 is 12.0 Å². The van der Waals surface area contributed by atoms with Crippen molar-refractivity contribution < 1.29 is 18.7 Å². The Balaban J connectivity index is 1.84. The van der Waals surface area contributed by atoms with E-state index in [1.165, 1.54) is 24.5 Å². The smallest absolute Gasteiger partial charge is 0.319 e. The van der Waals surface area contributed by atoms with Crippen molar-refractivity contribution >= 4 is 22.7 Å². The van der Waals surface area contributed by atoms with Crippen LogP contribution in [0.15, 0.2) is 35.0 Å². The van der Waals surface area contributed by atoms with Crippen LogP contribution in [0.25, 0.3) is 11.0 Å². The van der Waals surface area contributed by atoms with Crippen LogP contribution in [0.1, 0.15) is 31.2 Å². The third-order valence-corrected chi connectivity index (χ3v) is 4.07. The summed E-state index contributed by atoms with van der Waals surface area (Å²) in [5.74, 6) is 0.269. The molecule has 0 aliphatic rings. The van der Waals surface area contributed by atoms with Gasteiger partial charge in [-0.15, -0.1) is 0 Å². The van der Waals surface area contributed by atoms with Gasteiger partial charge in [0.2, 0.25) is 0 Å². The maximum Gasteiger partial charge on any atom is 0.319 e. The molecule has 2 heterocycles. The van der Waals surface area contributed by atoms with Gasteiger partial charge in [-0.05, 0) is 31.0 Å². The Kier molecular flexibility index (Phi) is 4.75. The molecule has 1 aromatic carbocycles. The van der Waals surface area contributed by atoms with Crippen molar-refractivity contribution in [2.45, 2.75) is 26.8 Å². The molecule has 3 aromatic rings. The second kappa shape index (κ2) is 6.99. The summed E-state index contributed by atoms with van der Waals surface area (Å²) >= 11 is 0. The maximum absolute atomic E-state index is 13.5. The maximum atomic E-state index is 13.5. The van der Waals surface area contributed by atoms with Gasteiger partial charge < -0.3 is 20.2 Å². The number of aryl methyl sites for hydroxylation is 1. The molecule has 2 aromatic heterocycles. The lowest BCUT2D eigenvalue weighted by Crippen LogP contribution is -2.35. The highest BCUT2D eigenvalue weighted by molar-refractivity contribution is 5.89. The number of nitrogens with one attached hydrogen (secondary N) is 2. The number of aromatic hydroxyl groups is 1.